The summed E-state index contributed by atoms with van der Waals surface area (Å²) < 4.78 is 0.931. The highest BCUT2D eigenvalue weighted by Gasteiger charge is 2.09. The molecule has 0 aliphatic carbocycles. The third kappa shape index (κ3) is 4.28. The Bertz CT molecular complexity index is 842. The standard InChI is InChI=1S/C15H11BrClN5OS/c16-11-3-1-9(12(17)5-11)6-18-13-4-2-10(7-19-13)14(23)21-15-22-20-8-24-15/h1-5,7-8H,6H2,(H,18,19)(H,21,22,23). The number of nitrogens with zero attached hydrogens (tertiary/aromatic N) is 3. The Balaban J connectivity index is 1.61. The molecule has 1 aromatic carbocycles. The number of amides is 1. The molecule has 3 rings (SSSR count). The fourth-order valence-electron chi connectivity index (χ4n) is 1.88. The molecule has 122 valence electrons. The number of halogens is 2. The highest BCUT2D eigenvalue weighted by Crippen LogP contribution is 2.22. The van der Waals surface area contributed by atoms with Gasteiger partial charge in [0.15, 0.2) is 0 Å². The third-order valence-electron chi connectivity index (χ3n) is 3.08. The van der Waals surface area contributed by atoms with E-state index >= 15 is 0 Å². The van der Waals surface area contributed by atoms with Crippen molar-refractivity contribution in [2.45, 2.75) is 6.54 Å². The number of carbonyl (C=O) groups is 1. The highest BCUT2D eigenvalue weighted by atomic mass is 79.9. The van der Waals surface area contributed by atoms with Crippen molar-refractivity contribution in [3.05, 3.63) is 62.7 Å². The maximum absolute atomic E-state index is 12.0. The second kappa shape index (κ2) is 7.69. The molecule has 9 heteroatoms. The zero-order valence-corrected chi connectivity index (χ0v) is 15.3. The van der Waals surface area contributed by atoms with Crippen molar-refractivity contribution in [2.24, 2.45) is 0 Å². The number of rotatable bonds is 5. The molecule has 0 aliphatic heterocycles. The summed E-state index contributed by atoms with van der Waals surface area (Å²) >= 11 is 10.8. The Labute approximate surface area is 155 Å². The molecule has 6 nitrogen and oxygen atoms in total. The van der Waals surface area contributed by atoms with Crippen molar-refractivity contribution in [2.75, 3.05) is 10.6 Å². The number of anilines is 2. The van der Waals surface area contributed by atoms with Gasteiger partial charge in [-0.05, 0) is 29.8 Å². The molecule has 0 aliphatic rings. The Hall–Kier alpha value is -2.03. The van der Waals surface area contributed by atoms with Gasteiger partial charge in [0.05, 0.1) is 5.56 Å². The average Bonchev–Trinajstić information content (AvgIpc) is 3.07. The zero-order chi connectivity index (χ0) is 16.9. The molecule has 2 aromatic heterocycles. The van der Waals surface area contributed by atoms with E-state index in [2.05, 4.69) is 41.7 Å². The first-order valence-electron chi connectivity index (χ1n) is 6.83. The zero-order valence-electron chi connectivity index (χ0n) is 12.2. The van der Waals surface area contributed by atoms with Crippen LogP contribution < -0.4 is 10.6 Å². The van der Waals surface area contributed by atoms with Gasteiger partial charge >= 0.3 is 0 Å². The molecule has 24 heavy (non-hydrogen) atoms. The summed E-state index contributed by atoms with van der Waals surface area (Å²) in [7, 11) is 0. The van der Waals surface area contributed by atoms with Gasteiger partial charge < -0.3 is 5.32 Å². The summed E-state index contributed by atoms with van der Waals surface area (Å²) in [6, 6.07) is 9.13. The molecule has 0 spiro atoms. The molecule has 2 N–H and O–H groups in total. The van der Waals surface area contributed by atoms with Gasteiger partial charge in [0, 0.05) is 22.2 Å². The molecule has 0 radical (unpaired) electrons. The predicted octanol–water partition coefficient (Wildman–Crippen LogP) is 4.21. The maximum atomic E-state index is 12.0. The van der Waals surface area contributed by atoms with Crippen molar-refractivity contribution in [1.29, 1.82) is 0 Å². The van der Waals surface area contributed by atoms with Crippen molar-refractivity contribution >= 4 is 55.7 Å². The molecule has 0 saturated carbocycles. The molecule has 0 bridgehead atoms. The van der Waals surface area contributed by atoms with Crippen molar-refractivity contribution in [3.8, 4) is 0 Å². The lowest BCUT2D eigenvalue weighted by Crippen LogP contribution is -2.12. The Morgan fingerprint density at radius 2 is 2.17 bits per heavy atom. The fraction of sp³-hybridized carbons (Fsp3) is 0.0667. The molecular weight excluding hydrogens is 414 g/mol. The van der Waals surface area contributed by atoms with Gasteiger partial charge in [-0.3, -0.25) is 10.1 Å². The van der Waals surface area contributed by atoms with Gasteiger partial charge in [0.1, 0.15) is 11.3 Å². The molecule has 0 atom stereocenters. The second-order valence-corrected chi connectivity index (χ2v) is 6.88. The van der Waals surface area contributed by atoms with E-state index in [4.69, 9.17) is 11.6 Å². The first kappa shape index (κ1) is 16.8. The molecule has 0 saturated heterocycles. The summed E-state index contributed by atoms with van der Waals surface area (Å²) in [6.07, 6.45) is 1.50. The van der Waals surface area contributed by atoms with Crippen LogP contribution in [0.15, 0.2) is 46.5 Å². The van der Waals surface area contributed by atoms with Gasteiger partial charge in [-0.25, -0.2) is 4.98 Å². The molecule has 0 fully saturated rings. The minimum Gasteiger partial charge on any atom is -0.366 e. The van der Waals surface area contributed by atoms with E-state index in [0.29, 0.717) is 28.1 Å². The van der Waals surface area contributed by atoms with E-state index in [1.165, 1.54) is 17.5 Å². The Morgan fingerprint density at radius 1 is 1.29 bits per heavy atom. The van der Waals surface area contributed by atoms with E-state index in [0.717, 1.165) is 10.0 Å². The van der Waals surface area contributed by atoms with E-state index in [1.54, 1.807) is 17.6 Å². The van der Waals surface area contributed by atoms with Crippen LogP contribution in [0.25, 0.3) is 0 Å². The second-order valence-electron chi connectivity index (χ2n) is 4.72. The number of hydrogen-bond acceptors (Lipinski definition) is 6. The van der Waals surface area contributed by atoms with Crippen LogP contribution in [0.2, 0.25) is 5.02 Å². The minimum absolute atomic E-state index is 0.276. The molecular formula is C15H11BrClN5OS. The predicted molar refractivity (Wildman–Crippen MR) is 98.6 cm³/mol. The van der Waals surface area contributed by atoms with E-state index in [-0.39, 0.29) is 5.91 Å². The number of carbonyl (C=O) groups excluding carboxylic acids is 1. The SMILES string of the molecule is O=C(Nc1nncs1)c1ccc(NCc2ccc(Br)cc2Cl)nc1. The van der Waals surface area contributed by atoms with Crippen LogP contribution in [0.4, 0.5) is 10.9 Å². The monoisotopic (exact) mass is 423 g/mol. The van der Waals surface area contributed by atoms with Crippen LogP contribution in [0.5, 0.6) is 0 Å². The highest BCUT2D eigenvalue weighted by molar-refractivity contribution is 9.10. The number of benzene rings is 1. The lowest BCUT2D eigenvalue weighted by atomic mass is 10.2. The summed E-state index contributed by atoms with van der Waals surface area (Å²) in [4.78, 5) is 16.3. The van der Waals surface area contributed by atoms with Crippen molar-refractivity contribution in [1.82, 2.24) is 15.2 Å². The number of nitrogens with one attached hydrogen (secondary N) is 2. The number of pyridine rings is 1. The Kier molecular flexibility index (Phi) is 5.39. The van der Waals surface area contributed by atoms with Crippen molar-refractivity contribution < 1.29 is 4.79 Å². The van der Waals surface area contributed by atoms with Crippen LogP contribution in [-0.2, 0) is 6.54 Å². The largest absolute Gasteiger partial charge is 0.366 e. The number of aromatic nitrogens is 3. The van der Waals surface area contributed by atoms with Crippen LogP contribution >= 0.6 is 38.9 Å². The number of hydrogen-bond donors (Lipinski definition) is 2. The van der Waals surface area contributed by atoms with E-state index in [1.807, 2.05) is 18.2 Å². The lowest BCUT2D eigenvalue weighted by Gasteiger charge is -2.08. The fourth-order valence-corrected chi connectivity index (χ4v) is 3.06. The Morgan fingerprint density at radius 3 is 2.83 bits per heavy atom. The van der Waals surface area contributed by atoms with Crippen LogP contribution in [0.3, 0.4) is 0 Å². The summed E-state index contributed by atoms with van der Waals surface area (Å²) in [6.45, 7) is 0.537. The summed E-state index contributed by atoms with van der Waals surface area (Å²) in [5, 5.41) is 14.4. The van der Waals surface area contributed by atoms with Crippen LogP contribution in [-0.4, -0.2) is 21.1 Å². The molecule has 0 unspecified atom stereocenters. The van der Waals surface area contributed by atoms with Gasteiger partial charge in [0.2, 0.25) is 5.13 Å². The minimum atomic E-state index is -0.276. The van der Waals surface area contributed by atoms with Crippen LogP contribution in [0, 0.1) is 0 Å². The first-order valence-corrected chi connectivity index (χ1v) is 8.88. The van der Waals surface area contributed by atoms with Crippen molar-refractivity contribution in [3.63, 3.8) is 0 Å². The normalized spacial score (nSPS) is 10.4. The van der Waals surface area contributed by atoms with E-state index < -0.39 is 0 Å². The average molecular weight is 425 g/mol. The smallest absolute Gasteiger partial charge is 0.259 e. The van der Waals surface area contributed by atoms with Gasteiger partial charge in [-0.15, -0.1) is 10.2 Å². The summed E-state index contributed by atoms with van der Waals surface area (Å²) in [5.74, 6) is 0.378. The van der Waals surface area contributed by atoms with Crippen LogP contribution in [0.1, 0.15) is 15.9 Å². The lowest BCUT2D eigenvalue weighted by molar-refractivity contribution is 0.102. The van der Waals surface area contributed by atoms with Gasteiger partial charge in [-0.2, -0.15) is 0 Å². The van der Waals surface area contributed by atoms with Gasteiger partial charge in [-0.1, -0.05) is 44.9 Å². The maximum Gasteiger partial charge on any atom is 0.259 e. The molecule has 3 aromatic rings. The van der Waals surface area contributed by atoms with E-state index in [9.17, 15) is 4.79 Å². The molecule has 1 amide bonds. The summed E-state index contributed by atoms with van der Waals surface area (Å²) in [5.41, 5.74) is 2.95. The quantitative estimate of drug-likeness (QED) is 0.641. The third-order valence-corrected chi connectivity index (χ3v) is 4.53. The van der Waals surface area contributed by atoms with Gasteiger partial charge in [0.25, 0.3) is 5.91 Å². The topological polar surface area (TPSA) is 79.8 Å². The first-order chi connectivity index (χ1) is 11.6. The molecule has 2 heterocycles.